The number of nitrogens with zero attached hydrogens (tertiary/aromatic N) is 2. The number of fused-ring (bicyclic) bond motifs is 1. The lowest BCUT2D eigenvalue weighted by Crippen LogP contribution is -2.31. The third kappa shape index (κ3) is 4.88. The number of aromatic nitrogens is 2. The molecule has 3 aromatic rings. The van der Waals surface area contributed by atoms with E-state index in [0.717, 1.165) is 59.9 Å². The highest BCUT2D eigenvalue weighted by atomic mass is 19.1. The van der Waals surface area contributed by atoms with E-state index in [0.29, 0.717) is 6.54 Å². The highest BCUT2D eigenvalue weighted by Crippen LogP contribution is 2.33. The van der Waals surface area contributed by atoms with Crippen LogP contribution in [0.3, 0.4) is 0 Å². The van der Waals surface area contributed by atoms with Crippen LogP contribution in [0.1, 0.15) is 47.6 Å². The normalized spacial score (nSPS) is 19.1. The van der Waals surface area contributed by atoms with Crippen molar-refractivity contribution in [3.63, 3.8) is 0 Å². The van der Waals surface area contributed by atoms with Crippen LogP contribution in [0, 0.1) is 17.6 Å². The Balaban J connectivity index is 1.35. The predicted octanol–water partition coefficient (Wildman–Crippen LogP) is 3.95. The van der Waals surface area contributed by atoms with Crippen LogP contribution >= 0.6 is 0 Å². The molecule has 0 aliphatic heterocycles. The van der Waals surface area contributed by atoms with E-state index in [9.17, 15) is 18.7 Å². The second-order valence-corrected chi connectivity index (χ2v) is 8.54. The van der Waals surface area contributed by atoms with Crippen molar-refractivity contribution in [1.82, 2.24) is 15.1 Å². The van der Waals surface area contributed by atoms with Gasteiger partial charge in [0.25, 0.3) is 5.91 Å². The van der Waals surface area contributed by atoms with Gasteiger partial charge >= 0.3 is 0 Å². The number of amides is 1. The van der Waals surface area contributed by atoms with Crippen molar-refractivity contribution < 1.29 is 18.7 Å². The van der Waals surface area contributed by atoms with Crippen molar-refractivity contribution in [2.24, 2.45) is 17.4 Å². The van der Waals surface area contributed by atoms with Crippen molar-refractivity contribution >= 4 is 22.4 Å². The van der Waals surface area contributed by atoms with Crippen molar-refractivity contribution in [2.75, 3.05) is 6.54 Å². The van der Waals surface area contributed by atoms with Crippen LogP contribution in [0.4, 0.5) is 8.78 Å². The lowest BCUT2D eigenvalue weighted by Gasteiger charge is -2.28. The van der Waals surface area contributed by atoms with Crippen LogP contribution < -0.4 is 16.8 Å². The van der Waals surface area contributed by atoms with E-state index < -0.39 is 23.3 Å². The van der Waals surface area contributed by atoms with Crippen LogP contribution in [-0.4, -0.2) is 27.3 Å². The summed E-state index contributed by atoms with van der Waals surface area (Å²) >= 11 is 0. The number of allylic oxidation sites excluding steroid dienone is 2. The van der Waals surface area contributed by atoms with E-state index in [1.54, 1.807) is 6.08 Å². The van der Waals surface area contributed by atoms with E-state index in [-0.39, 0.29) is 17.5 Å². The molecule has 6 N–H and O–H groups in total. The summed E-state index contributed by atoms with van der Waals surface area (Å²) in [6.45, 7) is 0.420. The molecule has 7 nitrogen and oxygen atoms in total. The average molecular weight is 468 g/mol. The molecule has 0 radical (unpaired) electrons. The largest absolute Gasteiger partial charge is 0.503 e. The van der Waals surface area contributed by atoms with Gasteiger partial charge in [0, 0.05) is 29.9 Å². The third-order valence-electron chi connectivity index (χ3n) is 6.33. The monoisotopic (exact) mass is 467 g/mol. The first-order valence-electron chi connectivity index (χ1n) is 11.1. The molecule has 1 amide bonds. The van der Waals surface area contributed by atoms with Crippen LogP contribution in [0.15, 0.2) is 55.0 Å². The molecule has 0 spiro atoms. The maximum atomic E-state index is 13.5. The lowest BCUT2D eigenvalue weighted by molar-refractivity contribution is 0.0940. The fourth-order valence-corrected chi connectivity index (χ4v) is 4.40. The molecule has 34 heavy (non-hydrogen) atoms. The molecule has 1 heterocycles. The molecule has 1 fully saturated rings. The Morgan fingerprint density at radius 3 is 2.47 bits per heavy atom. The van der Waals surface area contributed by atoms with E-state index in [4.69, 9.17) is 16.6 Å². The molecule has 1 aliphatic rings. The minimum absolute atomic E-state index is 0.154. The van der Waals surface area contributed by atoms with Gasteiger partial charge in [-0.15, -0.1) is 0 Å². The standard InChI is InChI=1S/C25H27F2N5O2/c26-21-9-19(10-22(27)24(21)33)25(34)30-13-15-1-5-20(6-2-15)32-14-18-4-3-16(11-23(18)31-32)17(12-29)7-8-28/h3-4,7-12,14-15,20,33H,1-2,5-6,13,28-29H2,(H,30,34)/b8-7-,17-12+. The molecule has 0 atom stereocenters. The Hall–Kier alpha value is -3.88. The molecule has 0 bridgehead atoms. The minimum atomic E-state index is -1.16. The van der Waals surface area contributed by atoms with Crippen molar-refractivity contribution in [3.05, 3.63) is 77.8 Å². The zero-order valence-electron chi connectivity index (χ0n) is 18.5. The van der Waals surface area contributed by atoms with Crippen LogP contribution in [0.25, 0.3) is 16.5 Å². The number of carbonyl (C=O) groups excluding carboxylic acids is 1. The number of carbonyl (C=O) groups is 1. The van der Waals surface area contributed by atoms with Gasteiger partial charge in [-0.2, -0.15) is 5.10 Å². The summed E-state index contributed by atoms with van der Waals surface area (Å²) in [4.78, 5) is 12.3. The van der Waals surface area contributed by atoms with E-state index in [1.165, 1.54) is 12.4 Å². The quantitative estimate of drug-likeness (QED) is 0.409. The molecule has 2 aromatic carbocycles. The molecule has 4 rings (SSSR count). The van der Waals surface area contributed by atoms with Gasteiger partial charge in [0.2, 0.25) is 0 Å². The Bertz CT molecular complexity index is 1240. The number of nitrogens with two attached hydrogens (primary N) is 2. The zero-order chi connectivity index (χ0) is 24.2. The van der Waals surface area contributed by atoms with Gasteiger partial charge < -0.3 is 21.9 Å². The average Bonchev–Trinajstić information content (AvgIpc) is 3.27. The summed E-state index contributed by atoms with van der Waals surface area (Å²) < 4.78 is 29.0. The number of aromatic hydroxyl groups is 1. The summed E-state index contributed by atoms with van der Waals surface area (Å²) in [5, 5.41) is 17.7. The SMILES string of the molecule is N/C=C\C(=C/N)c1ccc2cn(C3CCC(CNC(=O)c4cc(F)c(O)c(F)c4)CC3)nc2c1. The molecule has 0 saturated heterocycles. The molecule has 1 aliphatic carbocycles. The summed E-state index contributed by atoms with van der Waals surface area (Å²) in [7, 11) is 0. The molecular formula is C25H27F2N5O2. The molecule has 1 aromatic heterocycles. The third-order valence-corrected chi connectivity index (χ3v) is 6.33. The van der Waals surface area contributed by atoms with Crippen LogP contribution in [0.2, 0.25) is 0 Å². The number of hydrogen-bond donors (Lipinski definition) is 4. The molecule has 9 heteroatoms. The predicted molar refractivity (Wildman–Crippen MR) is 127 cm³/mol. The smallest absolute Gasteiger partial charge is 0.251 e. The fourth-order valence-electron chi connectivity index (χ4n) is 4.40. The first-order chi connectivity index (χ1) is 16.4. The number of benzene rings is 2. The summed E-state index contributed by atoms with van der Waals surface area (Å²) in [6, 6.07) is 7.90. The molecule has 1 saturated carbocycles. The van der Waals surface area contributed by atoms with E-state index >= 15 is 0 Å². The number of phenols is 1. The molecule has 178 valence electrons. The fraction of sp³-hybridized carbons (Fsp3) is 0.280. The molecular weight excluding hydrogens is 440 g/mol. The van der Waals surface area contributed by atoms with Gasteiger partial charge in [-0.3, -0.25) is 9.48 Å². The summed E-state index contributed by atoms with van der Waals surface area (Å²) in [6.07, 6.45) is 10.4. The van der Waals surface area contributed by atoms with Crippen LogP contribution in [-0.2, 0) is 0 Å². The maximum absolute atomic E-state index is 13.5. The van der Waals surface area contributed by atoms with E-state index in [1.807, 2.05) is 29.1 Å². The Morgan fingerprint density at radius 1 is 1.12 bits per heavy atom. The molecule has 0 unspecified atom stereocenters. The Kier molecular flexibility index (Phi) is 6.81. The van der Waals surface area contributed by atoms with Gasteiger partial charge in [0.1, 0.15) is 0 Å². The van der Waals surface area contributed by atoms with Gasteiger partial charge in [-0.05, 0) is 73.2 Å². The topological polar surface area (TPSA) is 119 Å². The zero-order valence-corrected chi connectivity index (χ0v) is 18.5. The van der Waals surface area contributed by atoms with Gasteiger partial charge in [0.05, 0.1) is 11.6 Å². The first kappa shape index (κ1) is 23.3. The highest BCUT2D eigenvalue weighted by Gasteiger charge is 2.24. The van der Waals surface area contributed by atoms with Crippen molar-refractivity contribution in [3.8, 4) is 5.75 Å². The Morgan fingerprint density at radius 2 is 1.82 bits per heavy atom. The lowest BCUT2D eigenvalue weighted by atomic mass is 9.86. The van der Waals surface area contributed by atoms with Crippen molar-refractivity contribution in [1.29, 1.82) is 0 Å². The minimum Gasteiger partial charge on any atom is -0.503 e. The number of halogens is 2. The van der Waals surface area contributed by atoms with Crippen LogP contribution in [0.5, 0.6) is 5.75 Å². The van der Waals surface area contributed by atoms with Gasteiger partial charge in [0.15, 0.2) is 17.4 Å². The summed E-state index contributed by atoms with van der Waals surface area (Å²) in [5.41, 5.74) is 13.7. The number of rotatable bonds is 6. The second kappa shape index (κ2) is 9.94. The number of nitrogens with one attached hydrogen (secondary N) is 1. The maximum Gasteiger partial charge on any atom is 0.251 e. The Labute approximate surface area is 195 Å². The highest BCUT2D eigenvalue weighted by molar-refractivity contribution is 5.94. The number of hydrogen-bond acceptors (Lipinski definition) is 5. The van der Waals surface area contributed by atoms with Gasteiger partial charge in [-0.1, -0.05) is 12.1 Å². The first-order valence-corrected chi connectivity index (χ1v) is 11.1. The van der Waals surface area contributed by atoms with E-state index in [2.05, 4.69) is 5.32 Å². The second-order valence-electron chi connectivity index (χ2n) is 8.54. The van der Waals surface area contributed by atoms with Gasteiger partial charge in [-0.25, -0.2) is 8.78 Å². The summed E-state index contributed by atoms with van der Waals surface area (Å²) in [5.74, 6) is -3.69. The number of phenolic OH excluding ortho intramolecular Hbond substituents is 1. The van der Waals surface area contributed by atoms with Crippen molar-refractivity contribution in [2.45, 2.75) is 31.7 Å².